The van der Waals surface area contributed by atoms with E-state index in [1.165, 1.54) is 44.9 Å². The zero-order valence-electron chi connectivity index (χ0n) is 11.9. The molecule has 0 aromatic rings. The van der Waals surface area contributed by atoms with E-state index in [0.717, 1.165) is 18.6 Å². The molecule has 3 atom stereocenters. The van der Waals surface area contributed by atoms with Crippen LogP contribution < -0.4 is 5.73 Å². The summed E-state index contributed by atoms with van der Waals surface area (Å²) in [5.74, 6) is 0. The van der Waals surface area contributed by atoms with Crippen molar-refractivity contribution in [3.63, 3.8) is 0 Å². The van der Waals surface area contributed by atoms with E-state index < -0.39 is 0 Å². The topological polar surface area (TPSA) is 29.3 Å². The molecule has 3 unspecified atom stereocenters. The summed E-state index contributed by atoms with van der Waals surface area (Å²) in [6.07, 6.45) is 9.64. The molecule has 100 valence electrons. The van der Waals surface area contributed by atoms with Gasteiger partial charge in [-0.1, -0.05) is 33.1 Å². The van der Waals surface area contributed by atoms with Crippen molar-refractivity contribution in [2.45, 2.75) is 83.8 Å². The first kappa shape index (κ1) is 13.4. The van der Waals surface area contributed by atoms with E-state index in [4.69, 9.17) is 5.73 Å². The first-order valence-corrected chi connectivity index (χ1v) is 7.54. The van der Waals surface area contributed by atoms with Gasteiger partial charge in [-0.15, -0.1) is 0 Å². The minimum absolute atomic E-state index is 0.483. The van der Waals surface area contributed by atoms with Gasteiger partial charge >= 0.3 is 0 Å². The molecule has 1 saturated heterocycles. The van der Waals surface area contributed by atoms with Crippen molar-refractivity contribution in [2.75, 3.05) is 6.54 Å². The highest BCUT2D eigenvalue weighted by molar-refractivity contribution is 4.96. The van der Waals surface area contributed by atoms with Gasteiger partial charge in [-0.3, -0.25) is 4.90 Å². The summed E-state index contributed by atoms with van der Waals surface area (Å²) in [4.78, 5) is 2.79. The summed E-state index contributed by atoms with van der Waals surface area (Å²) in [7, 11) is 0. The summed E-state index contributed by atoms with van der Waals surface area (Å²) in [5.41, 5.74) is 6.49. The number of hydrogen-bond acceptors (Lipinski definition) is 2. The molecule has 1 saturated carbocycles. The fourth-order valence-corrected chi connectivity index (χ4v) is 4.14. The second-order valence-electron chi connectivity index (χ2n) is 6.87. The van der Waals surface area contributed by atoms with Crippen molar-refractivity contribution >= 4 is 0 Å². The zero-order valence-corrected chi connectivity index (χ0v) is 11.9. The van der Waals surface area contributed by atoms with Crippen LogP contribution in [0.15, 0.2) is 0 Å². The standard InChI is InChI=1S/C15H30N2/c1-12-7-6-8-13(11-16)17(12)14-9-4-5-10-15(14,2)3/h12-14H,4-11,16H2,1-3H3. The van der Waals surface area contributed by atoms with E-state index >= 15 is 0 Å². The Balaban J connectivity index is 2.16. The zero-order chi connectivity index (χ0) is 12.5. The van der Waals surface area contributed by atoms with Gasteiger partial charge in [0, 0.05) is 24.7 Å². The maximum absolute atomic E-state index is 6.01. The Kier molecular flexibility index (Phi) is 4.14. The SMILES string of the molecule is CC1CCCC(CN)N1C1CCCCC1(C)C. The first-order valence-electron chi connectivity index (χ1n) is 7.54. The molecule has 2 rings (SSSR count). The lowest BCUT2D eigenvalue weighted by Gasteiger charge is -2.52. The number of rotatable bonds is 2. The van der Waals surface area contributed by atoms with Crippen LogP contribution in [0.4, 0.5) is 0 Å². The van der Waals surface area contributed by atoms with Crippen LogP contribution in [0.5, 0.6) is 0 Å². The molecule has 0 aromatic heterocycles. The highest BCUT2D eigenvalue weighted by Gasteiger charge is 2.41. The molecule has 0 amide bonds. The highest BCUT2D eigenvalue weighted by atomic mass is 15.2. The lowest BCUT2D eigenvalue weighted by atomic mass is 9.71. The lowest BCUT2D eigenvalue weighted by molar-refractivity contribution is -0.0272. The molecule has 0 bridgehead atoms. The Morgan fingerprint density at radius 1 is 1.12 bits per heavy atom. The Bertz CT molecular complexity index is 249. The first-order chi connectivity index (χ1) is 8.06. The van der Waals surface area contributed by atoms with E-state index in [1.807, 2.05) is 0 Å². The molecule has 0 radical (unpaired) electrons. The van der Waals surface area contributed by atoms with Crippen molar-refractivity contribution in [3.8, 4) is 0 Å². The molecule has 2 fully saturated rings. The highest BCUT2D eigenvalue weighted by Crippen LogP contribution is 2.42. The molecular weight excluding hydrogens is 208 g/mol. The van der Waals surface area contributed by atoms with Gasteiger partial charge in [0.15, 0.2) is 0 Å². The minimum atomic E-state index is 0.483. The van der Waals surface area contributed by atoms with E-state index in [9.17, 15) is 0 Å². The maximum atomic E-state index is 6.01. The van der Waals surface area contributed by atoms with Crippen LogP contribution in [-0.2, 0) is 0 Å². The molecule has 0 aromatic carbocycles. The predicted octanol–water partition coefficient (Wildman–Crippen LogP) is 3.16. The molecule has 1 heterocycles. The smallest absolute Gasteiger partial charge is 0.0224 e. The van der Waals surface area contributed by atoms with E-state index in [2.05, 4.69) is 25.7 Å². The number of nitrogens with two attached hydrogens (primary N) is 1. The predicted molar refractivity (Wildman–Crippen MR) is 74.0 cm³/mol. The van der Waals surface area contributed by atoms with E-state index in [1.54, 1.807) is 0 Å². The summed E-state index contributed by atoms with van der Waals surface area (Å²) < 4.78 is 0. The van der Waals surface area contributed by atoms with Crippen molar-refractivity contribution in [2.24, 2.45) is 11.1 Å². The second kappa shape index (κ2) is 5.27. The maximum Gasteiger partial charge on any atom is 0.0224 e. The van der Waals surface area contributed by atoms with Gasteiger partial charge in [0.1, 0.15) is 0 Å². The van der Waals surface area contributed by atoms with Crippen LogP contribution in [0.25, 0.3) is 0 Å². The van der Waals surface area contributed by atoms with Gasteiger partial charge in [0.2, 0.25) is 0 Å². The van der Waals surface area contributed by atoms with Gasteiger partial charge in [-0.05, 0) is 38.0 Å². The number of piperidine rings is 1. The van der Waals surface area contributed by atoms with Crippen molar-refractivity contribution in [3.05, 3.63) is 0 Å². The molecule has 0 spiro atoms. The summed E-state index contributed by atoms with van der Waals surface area (Å²) >= 11 is 0. The summed E-state index contributed by atoms with van der Waals surface area (Å²) in [6, 6.07) is 2.14. The van der Waals surface area contributed by atoms with Crippen LogP contribution in [0.3, 0.4) is 0 Å². The Morgan fingerprint density at radius 3 is 2.53 bits per heavy atom. The van der Waals surface area contributed by atoms with Crippen molar-refractivity contribution in [1.29, 1.82) is 0 Å². The van der Waals surface area contributed by atoms with Gasteiger partial charge in [0.25, 0.3) is 0 Å². The minimum Gasteiger partial charge on any atom is -0.329 e. The van der Waals surface area contributed by atoms with E-state index in [0.29, 0.717) is 11.5 Å². The number of nitrogens with zero attached hydrogens (tertiary/aromatic N) is 1. The Labute approximate surface area is 107 Å². The van der Waals surface area contributed by atoms with E-state index in [-0.39, 0.29) is 0 Å². The average Bonchev–Trinajstić information content (AvgIpc) is 2.29. The Morgan fingerprint density at radius 2 is 1.88 bits per heavy atom. The van der Waals surface area contributed by atoms with Gasteiger partial charge in [-0.2, -0.15) is 0 Å². The lowest BCUT2D eigenvalue weighted by Crippen LogP contribution is -2.58. The number of likely N-dealkylation sites (tertiary alicyclic amines) is 1. The molecule has 2 N–H and O–H groups in total. The van der Waals surface area contributed by atoms with Crippen LogP contribution >= 0.6 is 0 Å². The van der Waals surface area contributed by atoms with Crippen LogP contribution in [0, 0.1) is 5.41 Å². The van der Waals surface area contributed by atoms with Crippen LogP contribution in [-0.4, -0.2) is 29.6 Å². The molecule has 17 heavy (non-hydrogen) atoms. The van der Waals surface area contributed by atoms with Gasteiger partial charge in [-0.25, -0.2) is 0 Å². The Hall–Kier alpha value is -0.0800. The van der Waals surface area contributed by atoms with Crippen LogP contribution in [0.1, 0.15) is 65.7 Å². The van der Waals surface area contributed by atoms with Gasteiger partial charge in [0.05, 0.1) is 0 Å². The third kappa shape index (κ3) is 2.68. The van der Waals surface area contributed by atoms with Crippen molar-refractivity contribution < 1.29 is 0 Å². The van der Waals surface area contributed by atoms with Crippen LogP contribution in [0.2, 0.25) is 0 Å². The third-order valence-corrected chi connectivity index (χ3v) is 5.17. The molecule has 2 aliphatic rings. The number of hydrogen-bond donors (Lipinski definition) is 1. The molecule has 1 aliphatic carbocycles. The fourth-order valence-electron chi connectivity index (χ4n) is 4.14. The molecular formula is C15H30N2. The molecule has 1 aliphatic heterocycles. The normalized spacial score (nSPS) is 39.2. The quantitative estimate of drug-likeness (QED) is 0.800. The molecule has 2 heteroatoms. The van der Waals surface area contributed by atoms with Gasteiger partial charge < -0.3 is 5.73 Å². The molecule has 2 nitrogen and oxygen atoms in total. The average molecular weight is 238 g/mol. The third-order valence-electron chi connectivity index (χ3n) is 5.17. The largest absolute Gasteiger partial charge is 0.329 e. The fraction of sp³-hybridized carbons (Fsp3) is 1.00. The monoisotopic (exact) mass is 238 g/mol. The second-order valence-corrected chi connectivity index (χ2v) is 6.87. The summed E-state index contributed by atoms with van der Waals surface area (Å²) in [5, 5.41) is 0. The summed E-state index contributed by atoms with van der Waals surface area (Å²) in [6.45, 7) is 8.18. The van der Waals surface area contributed by atoms with Crippen molar-refractivity contribution in [1.82, 2.24) is 4.90 Å².